The van der Waals surface area contributed by atoms with Gasteiger partial charge in [-0.2, -0.15) is 0 Å². The molecule has 1 heterocycles. The molecular formula is C17H15ClN2O. The Kier molecular flexibility index (Phi) is 3.93. The Morgan fingerprint density at radius 3 is 2.29 bits per heavy atom. The summed E-state index contributed by atoms with van der Waals surface area (Å²) in [6.07, 6.45) is 2.05. The molecule has 0 spiro atoms. The Morgan fingerprint density at radius 1 is 1.05 bits per heavy atom. The van der Waals surface area contributed by atoms with Crippen LogP contribution in [0.5, 0.6) is 0 Å². The summed E-state index contributed by atoms with van der Waals surface area (Å²) in [5.74, 6) is -0.195. The van der Waals surface area contributed by atoms with Gasteiger partial charge in [0, 0.05) is 0 Å². The summed E-state index contributed by atoms with van der Waals surface area (Å²) in [5.41, 5.74) is 6.18. The minimum atomic E-state index is -0.146. The zero-order valence-corrected chi connectivity index (χ0v) is 12.1. The number of alkyl halides is 1. The number of nitrogens with one attached hydrogen (secondary N) is 1. The molecule has 0 unspecified atom stereocenters. The molecule has 21 heavy (non-hydrogen) atoms. The molecule has 4 heteroatoms. The number of benzene rings is 2. The highest BCUT2D eigenvalue weighted by atomic mass is 35.5. The van der Waals surface area contributed by atoms with Crippen molar-refractivity contribution < 1.29 is 4.79 Å². The van der Waals surface area contributed by atoms with Gasteiger partial charge in [-0.1, -0.05) is 60.7 Å². The second-order valence-electron chi connectivity index (χ2n) is 4.81. The molecule has 1 aliphatic rings. The number of amides is 1. The van der Waals surface area contributed by atoms with Gasteiger partial charge in [0.25, 0.3) is 5.91 Å². The fourth-order valence-electron chi connectivity index (χ4n) is 2.42. The number of hydrazine groups is 1. The molecule has 0 bridgehead atoms. The first-order valence-electron chi connectivity index (χ1n) is 6.76. The molecule has 1 N–H and O–H groups in total. The number of rotatable bonds is 3. The molecule has 0 saturated heterocycles. The van der Waals surface area contributed by atoms with E-state index in [1.807, 2.05) is 60.7 Å². The maximum absolute atomic E-state index is 12.1. The maximum atomic E-state index is 12.1. The Balaban J connectivity index is 1.97. The Bertz CT molecular complexity index is 655. The third kappa shape index (κ3) is 2.78. The van der Waals surface area contributed by atoms with Crippen molar-refractivity contribution in [1.29, 1.82) is 0 Å². The van der Waals surface area contributed by atoms with Crippen molar-refractivity contribution in [2.24, 2.45) is 0 Å². The Labute approximate surface area is 128 Å². The van der Waals surface area contributed by atoms with E-state index in [1.54, 1.807) is 5.01 Å². The molecule has 1 atom stereocenters. The second kappa shape index (κ2) is 6.02. The second-order valence-corrected chi connectivity index (χ2v) is 5.08. The fraction of sp³-hybridized carbons (Fsp3) is 0.118. The van der Waals surface area contributed by atoms with E-state index in [2.05, 4.69) is 11.5 Å². The van der Waals surface area contributed by atoms with E-state index in [0.29, 0.717) is 0 Å². The van der Waals surface area contributed by atoms with E-state index < -0.39 is 0 Å². The zero-order valence-electron chi connectivity index (χ0n) is 11.4. The maximum Gasteiger partial charge on any atom is 0.256 e. The largest absolute Gasteiger partial charge is 0.295 e. The Morgan fingerprint density at radius 2 is 1.67 bits per heavy atom. The molecule has 2 aromatic carbocycles. The summed E-state index contributed by atoms with van der Waals surface area (Å²) >= 11 is 5.72. The SMILES string of the molecule is O=C(CCl)N1NC(c2ccccc2)=C[C@@H]1c1ccccc1. The zero-order chi connectivity index (χ0) is 14.7. The topological polar surface area (TPSA) is 32.3 Å². The van der Waals surface area contributed by atoms with Crippen LogP contribution < -0.4 is 5.43 Å². The molecule has 1 amide bonds. The lowest BCUT2D eigenvalue weighted by Gasteiger charge is -2.24. The van der Waals surface area contributed by atoms with Crippen molar-refractivity contribution in [1.82, 2.24) is 10.4 Å². The van der Waals surface area contributed by atoms with Crippen LogP contribution in [-0.4, -0.2) is 16.8 Å². The number of nitrogens with zero attached hydrogens (tertiary/aromatic N) is 1. The minimum absolute atomic E-state index is 0.0494. The smallest absolute Gasteiger partial charge is 0.256 e. The molecule has 106 valence electrons. The predicted octanol–water partition coefficient (Wildman–Crippen LogP) is 3.35. The molecular weight excluding hydrogens is 284 g/mol. The van der Waals surface area contributed by atoms with Crippen LogP contribution in [0.3, 0.4) is 0 Å². The third-order valence-electron chi connectivity index (χ3n) is 3.45. The molecule has 0 fully saturated rings. The average molecular weight is 299 g/mol. The monoisotopic (exact) mass is 298 g/mol. The first-order valence-corrected chi connectivity index (χ1v) is 7.30. The minimum Gasteiger partial charge on any atom is -0.295 e. The molecule has 3 nitrogen and oxygen atoms in total. The molecule has 0 saturated carbocycles. The van der Waals surface area contributed by atoms with Crippen LogP contribution in [0.4, 0.5) is 0 Å². The summed E-state index contributed by atoms with van der Waals surface area (Å²) < 4.78 is 0. The van der Waals surface area contributed by atoms with E-state index in [-0.39, 0.29) is 17.8 Å². The fourth-order valence-corrected chi connectivity index (χ4v) is 2.55. The van der Waals surface area contributed by atoms with Crippen LogP contribution in [0.15, 0.2) is 66.7 Å². The van der Waals surface area contributed by atoms with Crippen molar-refractivity contribution in [3.63, 3.8) is 0 Å². The standard InChI is InChI=1S/C17H15ClN2O/c18-12-17(21)20-16(14-9-5-2-6-10-14)11-15(19-20)13-7-3-1-4-8-13/h1-11,16,19H,12H2/t16-/m1/s1. The van der Waals surface area contributed by atoms with Gasteiger partial charge in [-0.15, -0.1) is 11.6 Å². The number of halogens is 1. The van der Waals surface area contributed by atoms with Crippen molar-refractivity contribution in [3.05, 3.63) is 77.9 Å². The van der Waals surface area contributed by atoms with Crippen molar-refractivity contribution >= 4 is 23.2 Å². The summed E-state index contributed by atoms with van der Waals surface area (Å²) in [6, 6.07) is 19.7. The Hall–Kier alpha value is -2.26. The molecule has 0 radical (unpaired) electrons. The van der Waals surface area contributed by atoms with Gasteiger partial charge in [-0.05, 0) is 17.2 Å². The first kappa shape index (κ1) is 13.7. The first-order chi connectivity index (χ1) is 10.3. The lowest BCUT2D eigenvalue weighted by Crippen LogP contribution is -2.40. The highest BCUT2D eigenvalue weighted by Gasteiger charge is 2.29. The van der Waals surface area contributed by atoms with Crippen LogP contribution in [0, 0.1) is 0 Å². The van der Waals surface area contributed by atoms with Gasteiger partial charge in [0.05, 0.1) is 11.7 Å². The lowest BCUT2D eigenvalue weighted by molar-refractivity contribution is -0.131. The van der Waals surface area contributed by atoms with Gasteiger partial charge in [0.1, 0.15) is 5.88 Å². The van der Waals surface area contributed by atoms with Gasteiger partial charge < -0.3 is 0 Å². The molecule has 2 aromatic rings. The molecule has 3 rings (SSSR count). The van der Waals surface area contributed by atoms with Gasteiger partial charge in [0.2, 0.25) is 0 Å². The number of carbonyl (C=O) groups is 1. The summed E-state index contributed by atoms with van der Waals surface area (Å²) in [7, 11) is 0. The molecule has 0 aromatic heterocycles. The van der Waals surface area contributed by atoms with Crippen molar-refractivity contribution in [3.8, 4) is 0 Å². The number of carbonyl (C=O) groups excluding carboxylic acids is 1. The summed E-state index contributed by atoms with van der Waals surface area (Å²) in [6.45, 7) is 0. The van der Waals surface area contributed by atoms with E-state index in [0.717, 1.165) is 16.8 Å². The van der Waals surface area contributed by atoms with Gasteiger partial charge >= 0.3 is 0 Å². The van der Waals surface area contributed by atoms with Gasteiger partial charge in [-0.25, -0.2) is 5.01 Å². The van der Waals surface area contributed by atoms with Crippen LogP contribution in [0.2, 0.25) is 0 Å². The number of hydrogen-bond donors (Lipinski definition) is 1. The van der Waals surface area contributed by atoms with Gasteiger partial charge in [-0.3, -0.25) is 10.2 Å². The molecule has 1 aliphatic heterocycles. The van der Waals surface area contributed by atoms with E-state index >= 15 is 0 Å². The van der Waals surface area contributed by atoms with Crippen molar-refractivity contribution in [2.75, 3.05) is 5.88 Å². The lowest BCUT2D eigenvalue weighted by atomic mass is 10.0. The van der Waals surface area contributed by atoms with E-state index in [9.17, 15) is 4.79 Å². The van der Waals surface area contributed by atoms with Crippen molar-refractivity contribution in [2.45, 2.75) is 6.04 Å². The van der Waals surface area contributed by atoms with Gasteiger partial charge in [0.15, 0.2) is 0 Å². The summed E-state index contributed by atoms with van der Waals surface area (Å²) in [5, 5.41) is 1.59. The van der Waals surface area contributed by atoms with Crippen LogP contribution >= 0.6 is 11.6 Å². The highest BCUT2D eigenvalue weighted by Crippen LogP contribution is 2.31. The van der Waals surface area contributed by atoms with Crippen LogP contribution in [0.1, 0.15) is 17.2 Å². The highest BCUT2D eigenvalue weighted by molar-refractivity contribution is 6.27. The number of hydrogen-bond acceptors (Lipinski definition) is 2. The van der Waals surface area contributed by atoms with Crippen LogP contribution in [-0.2, 0) is 4.79 Å². The average Bonchev–Trinajstić information content (AvgIpc) is 3.01. The molecule has 0 aliphatic carbocycles. The quantitative estimate of drug-likeness (QED) is 0.881. The van der Waals surface area contributed by atoms with Crippen LogP contribution in [0.25, 0.3) is 5.70 Å². The summed E-state index contributed by atoms with van der Waals surface area (Å²) in [4.78, 5) is 12.1. The normalized spacial score (nSPS) is 17.3. The predicted molar refractivity (Wildman–Crippen MR) is 84.3 cm³/mol. The van der Waals surface area contributed by atoms with E-state index in [4.69, 9.17) is 11.6 Å². The third-order valence-corrected chi connectivity index (χ3v) is 3.68. The van der Waals surface area contributed by atoms with E-state index in [1.165, 1.54) is 0 Å².